The van der Waals surface area contributed by atoms with Gasteiger partial charge in [0, 0.05) is 32.4 Å². The van der Waals surface area contributed by atoms with E-state index in [1.165, 1.54) is 0 Å². The number of benzene rings is 1. The first kappa shape index (κ1) is 14.3. The fraction of sp³-hybridized carbons (Fsp3) is 0.111. The predicted octanol–water partition coefficient (Wildman–Crippen LogP) is 4.64. The van der Waals surface area contributed by atoms with Crippen molar-refractivity contribution in [2.75, 3.05) is 0 Å². The van der Waals surface area contributed by atoms with E-state index in [1.54, 1.807) is 23.6 Å². The number of hydrogen-bond donors (Lipinski definition) is 1. The summed E-state index contributed by atoms with van der Waals surface area (Å²) in [7, 11) is 0. The zero-order valence-electron chi connectivity index (χ0n) is 12.3. The lowest BCUT2D eigenvalue weighted by molar-refractivity contribution is 0.104. The summed E-state index contributed by atoms with van der Waals surface area (Å²) in [6, 6.07) is 11.8. The van der Waals surface area contributed by atoms with Crippen LogP contribution in [0.15, 0.2) is 42.1 Å². The lowest BCUT2D eigenvalue weighted by atomic mass is 10.0. The molecule has 0 aliphatic rings. The van der Waals surface area contributed by atoms with Gasteiger partial charge in [0.05, 0.1) is 0 Å². The number of H-pyrrole nitrogens is 1. The van der Waals surface area contributed by atoms with Crippen LogP contribution in [0.1, 0.15) is 25.7 Å². The predicted molar refractivity (Wildman–Crippen MR) is 90.0 cm³/mol. The van der Waals surface area contributed by atoms with Gasteiger partial charge in [-0.05, 0) is 43.7 Å². The second-order valence-electron chi connectivity index (χ2n) is 5.15. The van der Waals surface area contributed by atoms with Crippen LogP contribution in [-0.2, 0) is 0 Å². The number of aromatic nitrogens is 1. The Bertz CT molecular complexity index is 938. The molecule has 1 aromatic carbocycles. The molecule has 0 fully saturated rings. The van der Waals surface area contributed by atoms with Crippen LogP contribution in [0, 0.1) is 25.2 Å². The summed E-state index contributed by atoms with van der Waals surface area (Å²) >= 11 is 1.57. The number of rotatable bonds is 3. The number of nitrogens with one attached hydrogen (secondary N) is 1. The Balaban J connectivity index is 2.08. The fourth-order valence-electron chi connectivity index (χ4n) is 2.51. The first-order valence-corrected chi connectivity index (χ1v) is 7.71. The van der Waals surface area contributed by atoms with Crippen molar-refractivity contribution >= 4 is 34.1 Å². The summed E-state index contributed by atoms with van der Waals surface area (Å²) < 4.78 is 0. The highest BCUT2D eigenvalue weighted by molar-refractivity contribution is 7.12. The molecule has 3 nitrogen and oxygen atoms in total. The summed E-state index contributed by atoms with van der Waals surface area (Å²) in [5, 5.41) is 10.2. The average Bonchev–Trinajstić information content (AvgIpc) is 3.11. The molecule has 0 aliphatic heterocycles. The molecular formula is C18H14N2OS. The molecule has 2 heterocycles. The van der Waals surface area contributed by atoms with Crippen molar-refractivity contribution in [2.24, 2.45) is 0 Å². The molecule has 0 aliphatic carbocycles. The van der Waals surface area contributed by atoms with E-state index < -0.39 is 0 Å². The summed E-state index contributed by atoms with van der Waals surface area (Å²) in [5.41, 5.74) is 2.64. The van der Waals surface area contributed by atoms with Crippen molar-refractivity contribution in [3.8, 4) is 6.07 Å². The van der Waals surface area contributed by atoms with Gasteiger partial charge >= 0.3 is 0 Å². The second-order valence-corrected chi connectivity index (χ2v) is 6.47. The molecule has 0 saturated heterocycles. The third kappa shape index (κ3) is 2.47. The molecule has 0 unspecified atom stereocenters. The number of aryl methyl sites for hydroxylation is 2. The molecular weight excluding hydrogens is 292 g/mol. The Morgan fingerprint density at radius 1 is 1.27 bits per heavy atom. The standard InChI is InChI=1S/C18H14N2OS/c1-11-4-3-5-16-17(11)15(10-20-16)18(21)13(9-19)8-14-7-6-12(2)22-14/h3-8,10,20H,1-2H3. The number of aromatic amines is 1. The van der Waals surface area contributed by atoms with Crippen molar-refractivity contribution in [1.82, 2.24) is 4.98 Å². The number of nitrogens with zero attached hydrogens (tertiary/aromatic N) is 1. The van der Waals surface area contributed by atoms with Gasteiger partial charge in [0.15, 0.2) is 0 Å². The molecule has 0 saturated carbocycles. The van der Waals surface area contributed by atoms with E-state index in [9.17, 15) is 10.1 Å². The van der Waals surface area contributed by atoms with Crippen LogP contribution in [0.4, 0.5) is 0 Å². The normalized spacial score (nSPS) is 11.6. The van der Waals surface area contributed by atoms with Gasteiger partial charge in [-0.2, -0.15) is 5.26 Å². The minimum absolute atomic E-state index is 0.158. The zero-order valence-corrected chi connectivity index (χ0v) is 13.1. The van der Waals surface area contributed by atoms with Gasteiger partial charge in [-0.1, -0.05) is 12.1 Å². The zero-order chi connectivity index (χ0) is 15.7. The SMILES string of the molecule is Cc1ccc(C=C(C#N)C(=O)c2c[nH]c3cccc(C)c23)s1. The number of ketones is 1. The number of carbonyl (C=O) groups excluding carboxylic acids is 1. The van der Waals surface area contributed by atoms with E-state index in [4.69, 9.17) is 0 Å². The summed E-state index contributed by atoms with van der Waals surface area (Å²) in [6.45, 7) is 3.96. The molecule has 0 spiro atoms. The van der Waals surface area contributed by atoms with Gasteiger partial charge in [0.2, 0.25) is 5.78 Å². The molecule has 3 aromatic rings. The van der Waals surface area contributed by atoms with Gasteiger partial charge in [-0.3, -0.25) is 4.79 Å². The lowest BCUT2D eigenvalue weighted by Gasteiger charge is -2.00. The maximum Gasteiger partial charge on any atom is 0.205 e. The van der Waals surface area contributed by atoms with E-state index >= 15 is 0 Å². The highest BCUT2D eigenvalue weighted by atomic mass is 32.1. The van der Waals surface area contributed by atoms with E-state index in [2.05, 4.69) is 4.98 Å². The van der Waals surface area contributed by atoms with Crippen LogP contribution in [0.2, 0.25) is 0 Å². The topological polar surface area (TPSA) is 56.6 Å². The van der Waals surface area contributed by atoms with Crippen LogP contribution in [0.5, 0.6) is 0 Å². The number of Topliss-reactive ketones (excluding diaryl/α,β-unsaturated/α-hetero) is 1. The molecule has 0 bridgehead atoms. The Labute approximate surface area is 132 Å². The number of carbonyl (C=O) groups is 1. The van der Waals surface area contributed by atoms with Crippen LogP contribution in [0.25, 0.3) is 17.0 Å². The lowest BCUT2D eigenvalue weighted by Crippen LogP contribution is -2.01. The maximum absolute atomic E-state index is 12.7. The van der Waals surface area contributed by atoms with Gasteiger partial charge in [0.25, 0.3) is 0 Å². The van der Waals surface area contributed by atoms with Crippen molar-refractivity contribution in [3.63, 3.8) is 0 Å². The minimum atomic E-state index is -0.242. The van der Waals surface area contributed by atoms with Crippen molar-refractivity contribution in [1.29, 1.82) is 5.26 Å². The number of fused-ring (bicyclic) bond motifs is 1. The van der Waals surface area contributed by atoms with E-state index in [1.807, 2.05) is 50.2 Å². The Morgan fingerprint density at radius 2 is 2.09 bits per heavy atom. The third-order valence-electron chi connectivity index (χ3n) is 3.57. The van der Waals surface area contributed by atoms with Gasteiger partial charge < -0.3 is 4.98 Å². The fourth-order valence-corrected chi connectivity index (χ4v) is 3.33. The number of nitriles is 1. The first-order valence-electron chi connectivity index (χ1n) is 6.90. The molecule has 4 heteroatoms. The number of thiophene rings is 1. The smallest absolute Gasteiger partial charge is 0.205 e. The van der Waals surface area contributed by atoms with E-state index in [-0.39, 0.29) is 11.4 Å². The average molecular weight is 306 g/mol. The minimum Gasteiger partial charge on any atom is -0.360 e. The quantitative estimate of drug-likeness (QED) is 0.435. The summed E-state index contributed by atoms with van der Waals surface area (Å²) in [5.74, 6) is -0.242. The largest absolute Gasteiger partial charge is 0.360 e. The van der Waals surface area contributed by atoms with Crippen LogP contribution < -0.4 is 0 Å². The van der Waals surface area contributed by atoms with Gasteiger partial charge in [-0.25, -0.2) is 0 Å². The van der Waals surface area contributed by atoms with Gasteiger partial charge in [0.1, 0.15) is 11.6 Å². The van der Waals surface area contributed by atoms with Crippen LogP contribution in [-0.4, -0.2) is 10.8 Å². The molecule has 108 valence electrons. The Kier molecular flexibility index (Phi) is 3.66. The third-order valence-corrected chi connectivity index (χ3v) is 4.52. The molecule has 1 N–H and O–H groups in total. The van der Waals surface area contributed by atoms with Gasteiger partial charge in [-0.15, -0.1) is 11.3 Å². The molecule has 2 aromatic heterocycles. The second kappa shape index (κ2) is 5.63. The van der Waals surface area contributed by atoms with Crippen LogP contribution >= 0.6 is 11.3 Å². The molecule has 0 radical (unpaired) electrons. The highest BCUT2D eigenvalue weighted by Crippen LogP contribution is 2.26. The first-order chi connectivity index (χ1) is 10.6. The monoisotopic (exact) mass is 306 g/mol. The molecule has 22 heavy (non-hydrogen) atoms. The van der Waals surface area contributed by atoms with Crippen molar-refractivity contribution in [3.05, 3.63) is 63.0 Å². The van der Waals surface area contributed by atoms with Crippen molar-refractivity contribution in [2.45, 2.75) is 13.8 Å². The molecule has 0 amide bonds. The van der Waals surface area contributed by atoms with Crippen LogP contribution in [0.3, 0.4) is 0 Å². The van der Waals surface area contributed by atoms with E-state index in [0.29, 0.717) is 5.56 Å². The molecule has 0 atom stereocenters. The van der Waals surface area contributed by atoms with Crippen molar-refractivity contribution < 1.29 is 4.79 Å². The van der Waals surface area contributed by atoms with E-state index in [0.717, 1.165) is 26.2 Å². The Hall–Kier alpha value is -2.64. The maximum atomic E-state index is 12.7. The summed E-state index contributed by atoms with van der Waals surface area (Å²) in [6.07, 6.45) is 3.35. The highest BCUT2D eigenvalue weighted by Gasteiger charge is 2.18. The Morgan fingerprint density at radius 3 is 2.77 bits per heavy atom. The summed E-state index contributed by atoms with van der Waals surface area (Å²) in [4.78, 5) is 17.9. The molecule has 3 rings (SSSR count). The number of hydrogen-bond acceptors (Lipinski definition) is 3. The number of allylic oxidation sites excluding steroid dienone is 1.